The Bertz CT molecular complexity index is 451. The molecule has 0 saturated carbocycles. The number of benzene rings is 1. The van der Waals surface area contributed by atoms with E-state index in [4.69, 9.17) is 9.84 Å². The van der Waals surface area contributed by atoms with Crippen molar-refractivity contribution >= 4 is 11.4 Å². The first-order chi connectivity index (χ1) is 8.99. The molecule has 1 atom stereocenters. The van der Waals surface area contributed by atoms with Gasteiger partial charge >= 0.3 is 5.69 Å². The Labute approximate surface area is 108 Å². The lowest BCUT2D eigenvalue weighted by Crippen LogP contribution is -2.26. The van der Waals surface area contributed by atoms with Gasteiger partial charge in [-0.15, -0.1) is 0 Å². The molecule has 106 valence electrons. The molecule has 1 rings (SSSR count). The van der Waals surface area contributed by atoms with Crippen LogP contribution in [0.2, 0.25) is 0 Å². The number of nitro benzene ring substituents is 1. The molecular weight excluding hydrogens is 262 g/mol. The van der Waals surface area contributed by atoms with Crippen LogP contribution in [-0.2, 0) is 4.74 Å². The van der Waals surface area contributed by atoms with E-state index in [1.54, 1.807) is 0 Å². The SMILES string of the molecule is COCC(CCO)Nc1cc(F)cc(F)c1[N+](=O)[O-]. The molecule has 1 aromatic rings. The molecule has 0 radical (unpaired) electrons. The Morgan fingerprint density at radius 2 is 2.21 bits per heavy atom. The molecule has 0 bridgehead atoms. The molecule has 1 unspecified atom stereocenters. The Morgan fingerprint density at radius 1 is 1.53 bits per heavy atom. The Hall–Kier alpha value is -1.80. The van der Waals surface area contributed by atoms with E-state index in [-0.39, 0.29) is 25.3 Å². The Kier molecular flexibility index (Phi) is 5.58. The predicted molar refractivity (Wildman–Crippen MR) is 64.0 cm³/mol. The van der Waals surface area contributed by atoms with Gasteiger partial charge in [0.05, 0.1) is 17.6 Å². The molecule has 0 aliphatic rings. The van der Waals surface area contributed by atoms with Gasteiger partial charge in [-0.05, 0) is 6.42 Å². The van der Waals surface area contributed by atoms with Gasteiger partial charge in [0, 0.05) is 25.8 Å². The zero-order valence-electron chi connectivity index (χ0n) is 10.2. The molecule has 0 aromatic heterocycles. The first-order valence-electron chi connectivity index (χ1n) is 5.49. The third kappa shape index (κ3) is 4.11. The van der Waals surface area contributed by atoms with Crippen molar-refractivity contribution in [1.29, 1.82) is 0 Å². The molecule has 1 aromatic carbocycles. The van der Waals surface area contributed by atoms with Crippen LogP contribution < -0.4 is 5.32 Å². The van der Waals surface area contributed by atoms with Gasteiger partial charge in [-0.2, -0.15) is 4.39 Å². The Morgan fingerprint density at radius 3 is 2.74 bits per heavy atom. The van der Waals surface area contributed by atoms with Crippen molar-refractivity contribution in [2.75, 3.05) is 25.6 Å². The quantitative estimate of drug-likeness (QED) is 0.584. The van der Waals surface area contributed by atoms with Crippen molar-refractivity contribution in [3.8, 4) is 0 Å². The molecule has 0 heterocycles. The lowest BCUT2D eigenvalue weighted by atomic mass is 10.2. The van der Waals surface area contributed by atoms with Crippen LogP contribution >= 0.6 is 0 Å². The van der Waals surface area contributed by atoms with Crippen molar-refractivity contribution in [2.24, 2.45) is 0 Å². The van der Waals surface area contributed by atoms with E-state index < -0.39 is 28.3 Å². The maximum Gasteiger partial charge on any atom is 0.327 e. The number of nitrogens with one attached hydrogen (secondary N) is 1. The number of nitrogens with zero attached hydrogens (tertiary/aromatic N) is 1. The number of anilines is 1. The molecule has 0 aliphatic heterocycles. The smallest absolute Gasteiger partial charge is 0.327 e. The van der Waals surface area contributed by atoms with E-state index >= 15 is 0 Å². The average molecular weight is 276 g/mol. The topological polar surface area (TPSA) is 84.6 Å². The number of ether oxygens (including phenoxy) is 1. The van der Waals surface area contributed by atoms with Gasteiger partial charge in [-0.1, -0.05) is 0 Å². The second-order valence-corrected chi connectivity index (χ2v) is 3.85. The summed E-state index contributed by atoms with van der Waals surface area (Å²) in [6.45, 7) is -0.0531. The van der Waals surface area contributed by atoms with Crippen LogP contribution in [0.25, 0.3) is 0 Å². The molecule has 0 spiro atoms. The monoisotopic (exact) mass is 276 g/mol. The highest BCUT2D eigenvalue weighted by Gasteiger charge is 2.23. The van der Waals surface area contributed by atoms with Gasteiger partial charge in [0.2, 0.25) is 5.82 Å². The van der Waals surface area contributed by atoms with Crippen LogP contribution in [0.3, 0.4) is 0 Å². The molecule has 0 amide bonds. The summed E-state index contributed by atoms with van der Waals surface area (Å²) < 4.78 is 31.4. The van der Waals surface area contributed by atoms with Crippen LogP contribution in [0.5, 0.6) is 0 Å². The molecule has 0 fully saturated rings. The van der Waals surface area contributed by atoms with Crippen molar-refractivity contribution in [3.05, 3.63) is 33.9 Å². The summed E-state index contributed by atoms with van der Waals surface area (Å²) in [7, 11) is 1.41. The minimum Gasteiger partial charge on any atom is -0.396 e. The number of rotatable bonds is 7. The van der Waals surface area contributed by atoms with E-state index in [0.717, 1.165) is 6.07 Å². The number of aliphatic hydroxyl groups is 1. The predicted octanol–water partition coefficient (Wildman–Crippen LogP) is 1.68. The summed E-state index contributed by atoms with van der Waals surface area (Å²) >= 11 is 0. The summed E-state index contributed by atoms with van der Waals surface area (Å²) in [6, 6.07) is 0.789. The van der Waals surface area contributed by atoms with Gasteiger partial charge in [-0.25, -0.2) is 4.39 Å². The fourth-order valence-corrected chi connectivity index (χ4v) is 1.64. The highest BCUT2D eigenvalue weighted by Crippen LogP contribution is 2.29. The maximum absolute atomic E-state index is 13.4. The fourth-order valence-electron chi connectivity index (χ4n) is 1.64. The van der Waals surface area contributed by atoms with Gasteiger partial charge in [0.1, 0.15) is 11.5 Å². The second-order valence-electron chi connectivity index (χ2n) is 3.85. The lowest BCUT2D eigenvalue weighted by molar-refractivity contribution is -0.386. The fraction of sp³-hybridized carbons (Fsp3) is 0.455. The molecule has 19 heavy (non-hydrogen) atoms. The molecule has 6 nitrogen and oxygen atoms in total. The number of hydrogen-bond acceptors (Lipinski definition) is 5. The second kappa shape index (κ2) is 6.95. The summed E-state index contributed by atoms with van der Waals surface area (Å²) in [6.07, 6.45) is 0.225. The summed E-state index contributed by atoms with van der Waals surface area (Å²) in [5.74, 6) is -2.18. The van der Waals surface area contributed by atoms with E-state index in [0.29, 0.717) is 6.07 Å². The van der Waals surface area contributed by atoms with Crippen molar-refractivity contribution < 1.29 is 23.5 Å². The van der Waals surface area contributed by atoms with Gasteiger partial charge in [0.15, 0.2) is 0 Å². The normalized spacial score (nSPS) is 12.2. The van der Waals surface area contributed by atoms with E-state index in [1.807, 2.05) is 0 Å². The highest BCUT2D eigenvalue weighted by molar-refractivity contribution is 5.62. The van der Waals surface area contributed by atoms with Crippen LogP contribution in [0.4, 0.5) is 20.2 Å². The molecule has 8 heteroatoms. The van der Waals surface area contributed by atoms with Gasteiger partial charge in [0.25, 0.3) is 0 Å². The first-order valence-corrected chi connectivity index (χ1v) is 5.49. The van der Waals surface area contributed by atoms with E-state index in [9.17, 15) is 18.9 Å². The third-order valence-corrected chi connectivity index (χ3v) is 2.42. The van der Waals surface area contributed by atoms with E-state index in [1.165, 1.54) is 7.11 Å². The zero-order valence-corrected chi connectivity index (χ0v) is 10.2. The van der Waals surface area contributed by atoms with Crippen LogP contribution in [0, 0.1) is 21.7 Å². The number of nitro groups is 1. The van der Waals surface area contributed by atoms with Crippen molar-refractivity contribution in [1.82, 2.24) is 0 Å². The van der Waals surface area contributed by atoms with Gasteiger partial charge < -0.3 is 15.2 Å². The minimum absolute atomic E-state index is 0.135. The van der Waals surface area contributed by atoms with Crippen molar-refractivity contribution in [3.63, 3.8) is 0 Å². The third-order valence-electron chi connectivity index (χ3n) is 2.42. The van der Waals surface area contributed by atoms with Crippen LogP contribution in [0.15, 0.2) is 12.1 Å². The molecule has 0 aliphatic carbocycles. The minimum atomic E-state index is -1.26. The summed E-state index contributed by atoms with van der Waals surface area (Å²) in [5.41, 5.74) is -1.11. The molecule has 0 saturated heterocycles. The summed E-state index contributed by atoms with van der Waals surface area (Å²) in [4.78, 5) is 9.84. The Balaban J connectivity index is 3.06. The maximum atomic E-state index is 13.4. The molecule has 2 N–H and O–H groups in total. The van der Waals surface area contributed by atoms with Crippen LogP contribution in [-0.4, -0.2) is 36.4 Å². The molecular formula is C11H14F2N2O4. The van der Waals surface area contributed by atoms with E-state index in [2.05, 4.69) is 5.32 Å². The lowest BCUT2D eigenvalue weighted by Gasteiger charge is -2.18. The standard InChI is InChI=1S/C11H14F2N2O4/c1-19-6-8(2-3-16)14-10-5-7(12)4-9(13)11(10)15(17)18/h4-5,8,14,16H,2-3,6H2,1H3. The number of hydrogen-bond donors (Lipinski definition) is 2. The average Bonchev–Trinajstić information content (AvgIpc) is 2.27. The number of halogens is 2. The zero-order chi connectivity index (χ0) is 14.4. The summed E-state index contributed by atoms with van der Waals surface area (Å²) in [5, 5.41) is 22.2. The highest BCUT2D eigenvalue weighted by atomic mass is 19.1. The number of aliphatic hydroxyl groups excluding tert-OH is 1. The first kappa shape index (κ1) is 15.3. The van der Waals surface area contributed by atoms with Crippen molar-refractivity contribution in [2.45, 2.75) is 12.5 Å². The van der Waals surface area contributed by atoms with Crippen LogP contribution in [0.1, 0.15) is 6.42 Å². The van der Waals surface area contributed by atoms with Gasteiger partial charge in [-0.3, -0.25) is 10.1 Å². The number of methoxy groups -OCH3 is 1. The largest absolute Gasteiger partial charge is 0.396 e.